The Morgan fingerprint density at radius 1 is 1.04 bits per heavy atom. The molecule has 3 saturated heterocycles. The second kappa shape index (κ2) is 14.2. The molecule has 12 nitrogen and oxygen atoms in total. The zero-order valence-electron chi connectivity index (χ0n) is 29.9. The molecular weight excluding hydrogens is 596 g/mol. The lowest BCUT2D eigenvalue weighted by Crippen LogP contribution is -2.60. The maximum Gasteiger partial charge on any atom is 0.311 e. The summed E-state index contributed by atoms with van der Waals surface area (Å²) in [4.78, 5) is 15.9. The molecule has 266 valence electrons. The van der Waals surface area contributed by atoms with Crippen LogP contribution in [0, 0.1) is 17.8 Å². The number of aliphatic hydroxyl groups is 2. The molecule has 4 aliphatic rings. The zero-order chi connectivity index (χ0) is 34.5. The largest absolute Gasteiger partial charge is 0.488 e. The molecule has 3 fully saturated rings. The summed E-state index contributed by atoms with van der Waals surface area (Å²) in [7, 11) is 5.42. The number of nitrogens with two attached hydrogens (primary N) is 1. The number of nitrogens with zero attached hydrogens (tertiary/aromatic N) is 1. The highest BCUT2D eigenvalue weighted by molar-refractivity contribution is 5.73. The quantitative estimate of drug-likeness (QED) is 0.346. The molecule has 0 amide bonds. The SMILES string of the molecule is COC1(C)C[C@H](O[C@H]2[C@H](C)[C@@H](O[C@@H]3OC(C)CC(N(C)C)C3O)[C@@]3(C)CC(C)=C(O3)[C@H](C)[C@H](C(C)N)OC(=O)[C@@H]2C)OC(C)[C@@H]1O. The maximum absolute atomic E-state index is 13.9. The highest BCUT2D eigenvalue weighted by Crippen LogP contribution is 2.47. The third kappa shape index (κ3) is 7.30. The highest BCUT2D eigenvalue weighted by Gasteiger charge is 2.55. The van der Waals surface area contributed by atoms with E-state index in [1.54, 1.807) is 21.0 Å². The molecular formula is C34H60N2O10. The van der Waals surface area contributed by atoms with Crippen LogP contribution in [0.2, 0.25) is 0 Å². The minimum atomic E-state index is -0.950. The van der Waals surface area contributed by atoms with Gasteiger partial charge in [0.15, 0.2) is 12.6 Å². The number of cyclic esters (lactones) is 1. The van der Waals surface area contributed by atoms with E-state index in [0.29, 0.717) is 12.8 Å². The first-order valence-electron chi connectivity index (χ1n) is 16.9. The van der Waals surface area contributed by atoms with Crippen LogP contribution in [-0.2, 0) is 38.0 Å². The van der Waals surface area contributed by atoms with Gasteiger partial charge in [0.25, 0.3) is 0 Å². The van der Waals surface area contributed by atoms with Crippen molar-refractivity contribution >= 4 is 5.97 Å². The molecule has 0 aromatic carbocycles. The fourth-order valence-electron chi connectivity index (χ4n) is 8.08. The Balaban J connectivity index is 1.78. The second-order valence-corrected chi connectivity index (χ2v) is 15.1. The monoisotopic (exact) mass is 656 g/mol. The first-order valence-corrected chi connectivity index (χ1v) is 16.9. The first-order chi connectivity index (χ1) is 21.3. The van der Waals surface area contributed by atoms with Crippen LogP contribution in [0.4, 0.5) is 0 Å². The summed E-state index contributed by atoms with van der Waals surface area (Å²) >= 11 is 0. The normalized spacial score (nSPS) is 48.1. The molecule has 4 N–H and O–H groups in total. The highest BCUT2D eigenvalue weighted by atomic mass is 16.7. The Bertz CT molecular complexity index is 1100. The number of hydrogen-bond donors (Lipinski definition) is 3. The van der Waals surface area contributed by atoms with Crippen LogP contribution in [0.1, 0.15) is 81.6 Å². The summed E-state index contributed by atoms with van der Waals surface area (Å²) < 4.78 is 44.7. The zero-order valence-corrected chi connectivity index (χ0v) is 29.9. The lowest BCUT2D eigenvalue weighted by atomic mass is 9.79. The molecule has 12 heteroatoms. The summed E-state index contributed by atoms with van der Waals surface area (Å²) in [5.41, 5.74) is 5.59. The van der Waals surface area contributed by atoms with Crippen molar-refractivity contribution in [3.05, 3.63) is 11.3 Å². The van der Waals surface area contributed by atoms with Gasteiger partial charge in [-0.1, -0.05) is 13.8 Å². The average molecular weight is 657 g/mol. The van der Waals surface area contributed by atoms with Crippen LogP contribution >= 0.6 is 0 Å². The molecule has 4 aliphatic heterocycles. The third-order valence-corrected chi connectivity index (χ3v) is 10.9. The number of esters is 1. The van der Waals surface area contributed by atoms with E-state index in [9.17, 15) is 15.0 Å². The predicted molar refractivity (Wildman–Crippen MR) is 170 cm³/mol. The van der Waals surface area contributed by atoms with E-state index in [2.05, 4.69) is 0 Å². The van der Waals surface area contributed by atoms with Gasteiger partial charge in [0.1, 0.15) is 35.8 Å². The minimum absolute atomic E-state index is 0.158. The smallest absolute Gasteiger partial charge is 0.311 e. The van der Waals surface area contributed by atoms with Crippen LogP contribution in [0.15, 0.2) is 11.3 Å². The summed E-state index contributed by atoms with van der Waals surface area (Å²) in [6.07, 6.45) is -5.00. The number of methoxy groups -OCH3 is 1. The van der Waals surface area contributed by atoms with Crippen molar-refractivity contribution in [1.29, 1.82) is 0 Å². The van der Waals surface area contributed by atoms with E-state index in [1.807, 2.05) is 67.5 Å². The summed E-state index contributed by atoms with van der Waals surface area (Å²) in [6, 6.07) is -0.643. The summed E-state index contributed by atoms with van der Waals surface area (Å²) in [5.74, 6) is -1.31. The Hall–Kier alpha value is -1.35. The number of carbonyl (C=O) groups is 1. The van der Waals surface area contributed by atoms with Gasteiger partial charge in [-0.15, -0.1) is 0 Å². The van der Waals surface area contributed by atoms with Crippen molar-refractivity contribution in [3.63, 3.8) is 0 Å². The minimum Gasteiger partial charge on any atom is -0.488 e. The molecule has 0 spiro atoms. The molecule has 46 heavy (non-hydrogen) atoms. The lowest BCUT2D eigenvalue weighted by molar-refractivity contribution is -0.316. The Labute approximate surface area is 275 Å². The van der Waals surface area contributed by atoms with Gasteiger partial charge in [0.05, 0.1) is 35.7 Å². The Morgan fingerprint density at radius 3 is 2.28 bits per heavy atom. The topological polar surface area (TPSA) is 151 Å². The Morgan fingerprint density at radius 2 is 1.70 bits per heavy atom. The number of aliphatic hydroxyl groups excluding tert-OH is 2. The van der Waals surface area contributed by atoms with E-state index in [-0.39, 0.29) is 24.5 Å². The predicted octanol–water partition coefficient (Wildman–Crippen LogP) is 2.72. The van der Waals surface area contributed by atoms with E-state index in [4.69, 9.17) is 38.9 Å². The first kappa shape index (κ1) is 37.5. The van der Waals surface area contributed by atoms with Gasteiger partial charge in [0.2, 0.25) is 0 Å². The molecule has 2 bridgehead atoms. The number of hydrogen-bond acceptors (Lipinski definition) is 12. The van der Waals surface area contributed by atoms with Crippen molar-refractivity contribution in [3.8, 4) is 0 Å². The van der Waals surface area contributed by atoms with Crippen LogP contribution < -0.4 is 5.73 Å². The van der Waals surface area contributed by atoms with Crippen molar-refractivity contribution in [2.75, 3.05) is 21.2 Å². The van der Waals surface area contributed by atoms with Crippen LogP contribution in [0.25, 0.3) is 0 Å². The summed E-state index contributed by atoms with van der Waals surface area (Å²) in [6.45, 7) is 17.1. The van der Waals surface area contributed by atoms with Crippen molar-refractivity contribution < 1.29 is 48.2 Å². The number of rotatable bonds is 7. The van der Waals surface area contributed by atoms with E-state index >= 15 is 0 Å². The second-order valence-electron chi connectivity index (χ2n) is 15.1. The van der Waals surface area contributed by atoms with Crippen molar-refractivity contribution in [2.45, 2.75) is 160 Å². The molecule has 0 aromatic heterocycles. The van der Waals surface area contributed by atoms with Gasteiger partial charge >= 0.3 is 5.97 Å². The molecule has 16 atom stereocenters. The number of likely N-dealkylation sites (N-methyl/N-ethyl adjacent to an activating group) is 1. The van der Waals surface area contributed by atoms with Crippen LogP contribution in [0.3, 0.4) is 0 Å². The van der Waals surface area contributed by atoms with Gasteiger partial charge in [-0.3, -0.25) is 4.79 Å². The molecule has 4 heterocycles. The number of carbonyl (C=O) groups excluding carboxylic acids is 1. The molecule has 0 aliphatic carbocycles. The lowest BCUT2D eigenvalue weighted by Gasteiger charge is -2.48. The fourth-order valence-corrected chi connectivity index (χ4v) is 8.08. The molecule has 0 saturated carbocycles. The van der Waals surface area contributed by atoms with Gasteiger partial charge in [-0.2, -0.15) is 0 Å². The average Bonchev–Trinajstić information content (AvgIpc) is 3.29. The number of ether oxygens (including phenoxy) is 7. The van der Waals surface area contributed by atoms with Crippen molar-refractivity contribution in [2.24, 2.45) is 23.5 Å². The maximum atomic E-state index is 13.9. The molecule has 6 unspecified atom stereocenters. The third-order valence-electron chi connectivity index (χ3n) is 10.9. The van der Waals surface area contributed by atoms with Gasteiger partial charge in [-0.25, -0.2) is 0 Å². The molecule has 4 rings (SSSR count). The molecule has 0 aromatic rings. The van der Waals surface area contributed by atoms with Gasteiger partial charge in [0, 0.05) is 38.0 Å². The van der Waals surface area contributed by atoms with Gasteiger partial charge in [-0.05, 0) is 74.6 Å². The fraction of sp³-hybridized carbons (Fsp3) is 0.912. The van der Waals surface area contributed by atoms with E-state index in [0.717, 1.165) is 11.3 Å². The number of fused-ring (bicyclic) bond motifs is 2. The molecule has 0 radical (unpaired) electrons. The summed E-state index contributed by atoms with van der Waals surface area (Å²) in [5, 5.41) is 22.3. The van der Waals surface area contributed by atoms with E-state index in [1.165, 1.54) is 0 Å². The standard InChI is InChI=1S/C34H60N2O10/c1-16-14-34(9)30(45-32-25(37)23(36(10)11)13-17(2)41-32)19(4)27(43-24-15-33(8,40-12)29(38)22(7)42-24)20(5)31(39)44-28(21(6)35)18(3)26(16)46-34/h17-25,27-30,32,37-38H,13-15,35H2,1-12H3/t17?,18-,19-,20+,21?,22?,23?,24-,25?,27-,28+,29-,30+,32-,33?,34+/m0/s1. The van der Waals surface area contributed by atoms with Crippen molar-refractivity contribution in [1.82, 2.24) is 4.90 Å². The van der Waals surface area contributed by atoms with Gasteiger partial charge < -0.3 is 54.0 Å². The van der Waals surface area contributed by atoms with Crippen LogP contribution in [-0.4, -0.2) is 121 Å². The Kier molecular flexibility index (Phi) is 11.6. The van der Waals surface area contributed by atoms with E-state index < -0.39 is 84.3 Å². The van der Waals surface area contributed by atoms with Crippen LogP contribution in [0.5, 0.6) is 0 Å².